The molecule has 0 saturated heterocycles. The molecule has 0 bridgehead atoms. The lowest BCUT2D eigenvalue weighted by Crippen LogP contribution is -2.20. The van der Waals surface area contributed by atoms with E-state index in [2.05, 4.69) is 28.5 Å². The summed E-state index contributed by atoms with van der Waals surface area (Å²) in [6.07, 6.45) is 3.74. The lowest BCUT2D eigenvalue weighted by molar-refractivity contribution is 1.02. The SMILES string of the molecule is Cc1ccc(N=C(N/N=C/c2c[nH]c3ccccc23)c2ccc3ccccc3n2)cc1. The van der Waals surface area contributed by atoms with E-state index in [1.807, 2.05) is 85.1 Å². The Kier molecular flexibility index (Phi) is 4.99. The van der Waals surface area contributed by atoms with Crippen LogP contribution in [-0.4, -0.2) is 22.0 Å². The summed E-state index contributed by atoms with van der Waals surface area (Å²) in [5.41, 5.74) is 8.87. The summed E-state index contributed by atoms with van der Waals surface area (Å²) in [7, 11) is 0. The number of pyridine rings is 1. The van der Waals surface area contributed by atoms with Gasteiger partial charge < -0.3 is 4.98 Å². The van der Waals surface area contributed by atoms with Gasteiger partial charge in [0.1, 0.15) is 5.69 Å². The predicted molar refractivity (Wildman–Crippen MR) is 128 cm³/mol. The minimum absolute atomic E-state index is 0.589. The van der Waals surface area contributed by atoms with Gasteiger partial charge in [-0.2, -0.15) is 5.10 Å². The number of nitrogens with one attached hydrogen (secondary N) is 2. The Morgan fingerprint density at radius 3 is 2.61 bits per heavy atom. The second-order valence-electron chi connectivity index (χ2n) is 7.34. The van der Waals surface area contributed by atoms with E-state index >= 15 is 0 Å². The molecule has 0 saturated carbocycles. The van der Waals surface area contributed by atoms with E-state index in [1.54, 1.807) is 6.21 Å². The fraction of sp³-hybridized carbons (Fsp3) is 0.0385. The Morgan fingerprint density at radius 2 is 1.71 bits per heavy atom. The maximum Gasteiger partial charge on any atom is 0.173 e. The van der Waals surface area contributed by atoms with Crippen LogP contribution >= 0.6 is 0 Å². The first-order valence-electron chi connectivity index (χ1n) is 10.1. The van der Waals surface area contributed by atoms with Crippen molar-refractivity contribution in [3.05, 3.63) is 108 Å². The summed E-state index contributed by atoms with van der Waals surface area (Å²) in [4.78, 5) is 12.8. The van der Waals surface area contributed by atoms with Crippen LogP contribution in [0.5, 0.6) is 0 Å². The van der Waals surface area contributed by atoms with E-state index in [0.29, 0.717) is 5.84 Å². The second kappa shape index (κ2) is 8.24. The molecule has 0 aliphatic heterocycles. The van der Waals surface area contributed by atoms with Crippen LogP contribution in [0.3, 0.4) is 0 Å². The zero-order valence-electron chi connectivity index (χ0n) is 17.1. The van der Waals surface area contributed by atoms with Gasteiger partial charge in [-0.25, -0.2) is 9.98 Å². The number of aliphatic imine (C=N–C) groups is 1. The monoisotopic (exact) mass is 403 g/mol. The highest BCUT2D eigenvalue weighted by Gasteiger charge is 2.07. The molecule has 0 spiro atoms. The van der Waals surface area contributed by atoms with E-state index in [-0.39, 0.29) is 0 Å². The van der Waals surface area contributed by atoms with Gasteiger partial charge in [-0.3, -0.25) is 5.43 Å². The molecule has 0 aliphatic carbocycles. The number of H-pyrrole nitrogens is 1. The fourth-order valence-corrected chi connectivity index (χ4v) is 3.45. The van der Waals surface area contributed by atoms with Crippen molar-refractivity contribution in [3.8, 4) is 0 Å². The first-order valence-corrected chi connectivity index (χ1v) is 10.1. The topological polar surface area (TPSA) is 65.4 Å². The number of aryl methyl sites for hydroxylation is 1. The average molecular weight is 403 g/mol. The highest BCUT2D eigenvalue weighted by atomic mass is 15.3. The van der Waals surface area contributed by atoms with E-state index in [1.165, 1.54) is 5.56 Å². The fourth-order valence-electron chi connectivity index (χ4n) is 3.45. The third-order valence-electron chi connectivity index (χ3n) is 5.11. The van der Waals surface area contributed by atoms with Crippen LogP contribution in [0.15, 0.2) is 101 Å². The number of para-hydroxylation sites is 2. The number of aromatic amines is 1. The van der Waals surface area contributed by atoms with Crippen molar-refractivity contribution < 1.29 is 0 Å². The second-order valence-corrected chi connectivity index (χ2v) is 7.34. The van der Waals surface area contributed by atoms with Gasteiger partial charge in [0, 0.05) is 28.0 Å². The Balaban J connectivity index is 1.50. The van der Waals surface area contributed by atoms with Crippen molar-refractivity contribution in [1.29, 1.82) is 0 Å². The number of hydrogen-bond donors (Lipinski definition) is 2. The van der Waals surface area contributed by atoms with Crippen LogP contribution in [0.1, 0.15) is 16.8 Å². The molecule has 2 heterocycles. The van der Waals surface area contributed by atoms with Crippen LogP contribution < -0.4 is 5.43 Å². The van der Waals surface area contributed by atoms with Crippen LogP contribution in [0.2, 0.25) is 0 Å². The quantitative estimate of drug-likeness (QED) is 0.229. The van der Waals surface area contributed by atoms with Crippen molar-refractivity contribution in [2.24, 2.45) is 10.1 Å². The maximum atomic E-state index is 4.78. The highest BCUT2D eigenvalue weighted by Crippen LogP contribution is 2.17. The lowest BCUT2D eigenvalue weighted by atomic mass is 10.2. The molecule has 5 nitrogen and oxygen atoms in total. The van der Waals surface area contributed by atoms with E-state index in [4.69, 9.17) is 9.98 Å². The molecule has 5 aromatic rings. The molecule has 0 aliphatic rings. The molecule has 2 aromatic heterocycles. The molecule has 150 valence electrons. The molecular weight excluding hydrogens is 382 g/mol. The molecule has 0 fully saturated rings. The molecule has 31 heavy (non-hydrogen) atoms. The summed E-state index contributed by atoms with van der Waals surface area (Å²) >= 11 is 0. The Labute approximate surface area is 180 Å². The molecule has 0 atom stereocenters. The van der Waals surface area contributed by atoms with Crippen molar-refractivity contribution in [2.75, 3.05) is 0 Å². The van der Waals surface area contributed by atoms with Gasteiger partial charge in [0.2, 0.25) is 0 Å². The van der Waals surface area contributed by atoms with Gasteiger partial charge in [0.05, 0.1) is 17.4 Å². The molecule has 0 radical (unpaired) electrons. The Bertz CT molecular complexity index is 1410. The van der Waals surface area contributed by atoms with Crippen LogP contribution in [0.25, 0.3) is 21.8 Å². The number of hydrazone groups is 1. The first-order chi connectivity index (χ1) is 15.3. The first kappa shape index (κ1) is 18.8. The largest absolute Gasteiger partial charge is 0.361 e. The minimum Gasteiger partial charge on any atom is -0.361 e. The van der Waals surface area contributed by atoms with Crippen LogP contribution in [0, 0.1) is 6.92 Å². The number of rotatable bonds is 4. The van der Waals surface area contributed by atoms with Gasteiger partial charge in [-0.15, -0.1) is 0 Å². The van der Waals surface area contributed by atoms with Gasteiger partial charge in [0.15, 0.2) is 5.84 Å². The summed E-state index contributed by atoms with van der Waals surface area (Å²) < 4.78 is 0. The van der Waals surface area contributed by atoms with E-state index in [0.717, 1.165) is 38.8 Å². The summed E-state index contributed by atoms with van der Waals surface area (Å²) in [6, 6.07) is 28.2. The molecular formula is C26H21N5. The predicted octanol–water partition coefficient (Wildman–Crippen LogP) is 5.73. The van der Waals surface area contributed by atoms with Gasteiger partial charge in [-0.1, -0.05) is 60.2 Å². The number of hydrogen-bond acceptors (Lipinski definition) is 3. The van der Waals surface area contributed by atoms with Crippen LogP contribution in [-0.2, 0) is 0 Å². The van der Waals surface area contributed by atoms with Crippen molar-refractivity contribution >= 4 is 39.5 Å². The molecule has 5 rings (SSSR count). The standard InChI is InChI=1S/C26H21N5/c1-18-10-13-21(14-11-18)29-26(25-15-12-19-6-2-4-8-23(19)30-25)31-28-17-20-16-27-24-9-5-3-7-22(20)24/h2-17,27H,1H3,(H,29,31)/b28-17+. The van der Waals surface area contributed by atoms with Crippen molar-refractivity contribution in [3.63, 3.8) is 0 Å². The third kappa shape index (κ3) is 4.07. The number of fused-ring (bicyclic) bond motifs is 2. The number of amidine groups is 1. The van der Waals surface area contributed by atoms with Crippen LogP contribution in [0.4, 0.5) is 5.69 Å². The summed E-state index contributed by atoms with van der Waals surface area (Å²) in [6.45, 7) is 2.06. The Hall–Kier alpha value is -4.25. The number of nitrogens with zero attached hydrogens (tertiary/aromatic N) is 3. The number of aromatic nitrogens is 2. The van der Waals surface area contributed by atoms with Gasteiger partial charge >= 0.3 is 0 Å². The Morgan fingerprint density at radius 1 is 0.903 bits per heavy atom. The van der Waals surface area contributed by atoms with Crippen molar-refractivity contribution in [1.82, 2.24) is 15.4 Å². The molecule has 5 heteroatoms. The zero-order chi connectivity index (χ0) is 21.0. The zero-order valence-corrected chi connectivity index (χ0v) is 17.1. The van der Waals surface area contributed by atoms with Crippen molar-refractivity contribution in [2.45, 2.75) is 6.92 Å². The maximum absolute atomic E-state index is 4.78. The summed E-state index contributed by atoms with van der Waals surface area (Å²) in [5, 5.41) is 6.67. The minimum atomic E-state index is 0.589. The molecule has 0 unspecified atom stereocenters. The molecule has 3 aromatic carbocycles. The average Bonchev–Trinajstić information content (AvgIpc) is 3.22. The normalized spacial score (nSPS) is 12.1. The smallest absolute Gasteiger partial charge is 0.173 e. The van der Waals surface area contributed by atoms with Gasteiger partial charge in [0.25, 0.3) is 0 Å². The molecule has 0 amide bonds. The molecule has 2 N–H and O–H groups in total. The lowest BCUT2D eigenvalue weighted by Gasteiger charge is -2.07. The highest BCUT2D eigenvalue weighted by molar-refractivity contribution is 6.02. The van der Waals surface area contributed by atoms with E-state index < -0.39 is 0 Å². The third-order valence-corrected chi connectivity index (χ3v) is 5.11. The summed E-state index contributed by atoms with van der Waals surface area (Å²) in [5.74, 6) is 0.589. The number of benzene rings is 3. The van der Waals surface area contributed by atoms with Gasteiger partial charge in [-0.05, 0) is 37.3 Å². The van der Waals surface area contributed by atoms with E-state index in [9.17, 15) is 0 Å².